The number of benzene rings is 1. The molecule has 2 aromatic rings. The molecule has 0 radical (unpaired) electrons. The van der Waals surface area contributed by atoms with E-state index < -0.39 is 0 Å². The molecule has 0 amide bonds. The quantitative estimate of drug-likeness (QED) is 0.865. The third-order valence-electron chi connectivity index (χ3n) is 3.94. The van der Waals surface area contributed by atoms with Crippen molar-refractivity contribution < 1.29 is 9.47 Å². The van der Waals surface area contributed by atoms with Crippen molar-refractivity contribution in [1.29, 1.82) is 0 Å². The highest BCUT2D eigenvalue weighted by Gasteiger charge is 2.21. The smallest absolute Gasteiger partial charge is 0.148 e. The molecule has 1 atom stereocenters. The summed E-state index contributed by atoms with van der Waals surface area (Å²) < 4.78 is 11.3. The lowest BCUT2D eigenvalue weighted by Crippen LogP contribution is -2.44. The Bertz CT molecular complexity index is 656. The van der Waals surface area contributed by atoms with E-state index in [9.17, 15) is 0 Å². The second-order valence-electron chi connectivity index (χ2n) is 5.67. The molecule has 0 spiro atoms. The van der Waals surface area contributed by atoms with Gasteiger partial charge in [-0.3, -0.25) is 4.90 Å². The van der Waals surface area contributed by atoms with Crippen molar-refractivity contribution in [3.05, 3.63) is 47.1 Å². The summed E-state index contributed by atoms with van der Waals surface area (Å²) in [5, 5.41) is 11.9. The molecule has 24 heavy (non-hydrogen) atoms. The summed E-state index contributed by atoms with van der Waals surface area (Å²) in [6.07, 6.45) is 1.76. The number of hydrogen-bond donors (Lipinski definition) is 1. The normalized spacial score (nSPS) is 18.3. The largest absolute Gasteiger partial charge is 0.496 e. The lowest BCUT2D eigenvalue weighted by atomic mass is 10.1. The first-order valence-electron chi connectivity index (χ1n) is 7.92. The third-order valence-corrected chi connectivity index (χ3v) is 4.18. The number of aromatic nitrogens is 2. The number of methoxy groups -OCH3 is 1. The van der Waals surface area contributed by atoms with E-state index in [2.05, 4.69) is 20.4 Å². The van der Waals surface area contributed by atoms with Crippen molar-refractivity contribution in [2.24, 2.45) is 0 Å². The number of nitrogens with one attached hydrogen (secondary N) is 1. The van der Waals surface area contributed by atoms with E-state index in [0.717, 1.165) is 41.8 Å². The fourth-order valence-electron chi connectivity index (χ4n) is 2.77. The van der Waals surface area contributed by atoms with Gasteiger partial charge in [0.25, 0.3) is 0 Å². The topological polar surface area (TPSA) is 59.5 Å². The molecule has 3 rings (SSSR count). The number of morpholine rings is 1. The maximum atomic E-state index is 6.12. The molecule has 1 fully saturated rings. The molecule has 6 nitrogen and oxygen atoms in total. The zero-order valence-electron chi connectivity index (χ0n) is 13.6. The number of rotatable bonds is 6. The summed E-state index contributed by atoms with van der Waals surface area (Å²) in [5.41, 5.74) is 1.09. The SMILES string of the molecule is COc1ccc(Cl)cc1CN1CCO[C@@H](CNc2cccnn2)C1. The van der Waals surface area contributed by atoms with Gasteiger partial charge in [-0.1, -0.05) is 11.6 Å². The zero-order chi connectivity index (χ0) is 16.8. The van der Waals surface area contributed by atoms with Gasteiger partial charge in [-0.25, -0.2) is 0 Å². The van der Waals surface area contributed by atoms with E-state index in [1.54, 1.807) is 13.3 Å². The van der Waals surface area contributed by atoms with Crippen LogP contribution in [-0.4, -0.2) is 54.6 Å². The molecule has 0 saturated carbocycles. The molecule has 2 heterocycles. The van der Waals surface area contributed by atoms with Gasteiger partial charge < -0.3 is 14.8 Å². The first kappa shape index (κ1) is 17.0. The molecule has 1 aliphatic heterocycles. The number of hydrogen-bond acceptors (Lipinski definition) is 6. The monoisotopic (exact) mass is 348 g/mol. The lowest BCUT2D eigenvalue weighted by molar-refractivity contribution is -0.0242. The van der Waals surface area contributed by atoms with Crippen LogP contribution < -0.4 is 10.1 Å². The Morgan fingerprint density at radius 3 is 3.12 bits per heavy atom. The predicted octanol–water partition coefficient (Wildman–Crippen LogP) is 2.45. The summed E-state index contributed by atoms with van der Waals surface area (Å²) in [6.45, 7) is 3.91. The first-order chi connectivity index (χ1) is 11.7. The Hall–Kier alpha value is -1.89. The van der Waals surface area contributed by atoms with Gasteiger partial charge in [0.2, 0.25) is 0 Å². The molecular formula is C17H21ClN4O2. The van der Waals surface area contributed by atoms with Gasteiger partial charge >= 0.3 is 0 Å². The number of halogens is 1. The van der Waals surface area contributed by atoms with Crippen LogP contribution in [0.1, 0.15) is 5.56 Å². The average Bonchev–Trinajstić information content (AvgIpc) is 2.61. The van der Waals surface area contributed by atoms with Crippen LogP contribution in [0.5, 0.6) is 5.75 Å². The zero-order valence-corrected chi connectivity index (χ0v) is 14.4. The summed E-state index contributed by atoms with van der Waals surface area (Å²) in [7, 11) is 1.68. The van der Waals surface area contributed by atoms with E-state index in [-0.39, 0.29) is 6.10 Å². The maximum Gasteiger partial charge on any atom is 0.148 e. The van der Waals surface area contributed by atoms with E-state index in [4.69, 9.17) is 21.1 Å². The molecule has 1 saturated heterocycles. The van der Waals surface area contributed by atoms with Crippen molar-refractivity contribution in [2.75, 3.05) is 38.7 Å². The molecule has 0 bridgehead atoms. The second-order valence-corrected chi connectivity index (χ2v) is 6.11. The molecule has 1 aliphatic rings. The van der Waals surface area contributed by atoms with E-state index in [1.165, 1.54) is 0 Å². The van der Waals surface area contributed by atoms with Crippen LogP contribution in [0.4, 0.5) is 5.82 Å². The second kappa shape index (κ2) is 8.28. The number of anilines is 1. The van der Waals surface area contributed by atoms with Crippen LogP contribution in [-0.2, 0) is 11.3 Å². The van der Waals surface area contributed by atoms with Crippen LogP contribution in [0.25, 0.3) is 0 Å². The van der Waals surface area contributed by atoms with Gasteiger partial charge in [0.05, 0.1) is 19.8 Å². The van der Waals surface area contributed by atoms with Gasteiger partial charge in [-0.15, -0.1) is 5.10 Å². The molecule has 1 N–H and O–H groups in total. The van der Waals surface area contributed by atoms with Crippen LogP contribution in [0, 0.1) is 0 Å². The number of nitrogens with zero attached hydrogens (tertiary/aromatic N) is 3. The van der Waals surface area contributed by atoms with E-state index in [1.807, 2.05) is 30.3 Å². The van der Waals surface area contributed by atoms with Gasteiger partial charge in [0.1, 0.15) is 11.6 Å². The standard InChI is InChI=1S/C17H21ClN4O2/c1-23-16-5-4-14(18)9-13(16)11-22-7-8-24-15(12-22)10-19-17-3-2-6-20-21-17/h2-6,9,15H,7-8,10-12H2,1H3,(H,19,21)/t15-/m0/s1. The number of ether oxygens (including phenoxy) is 2. The van der Waals surface area contributed by atoms with Gasteiger partial charge in [0, 0.05) is 43.0 Å². The Kier molecular flexibility index (Phi) is 5.85. The van der Waals surface area contributed by atoms with Crippen LogP contribution in [0.3, 0.4) is 0 Å². The molecule has 0 unspecified atom stereocenters. The Balaban J connectivity index is 1.56. The minimum atomic E-state index is 0.103. The molecule has 7 heteroatoms. The Morgan fingerprint density at radius 2 is 2.33 bits per heavy atom. The fourth-order valence-corrected chi connectivity index (χ4v) is 2.97. The molecule has 1 aromatic heterocycles. The maximum absolute atomic E-state index is 6.12. The summed E-state index contributed by atoms with van der Waals surface area (Å²) in [4.78, 5) is 2.35. The minimum absolute atomic E-state index is 0.103. The van der Waals surface area contributed by atoms with Gasteiger partial charge in [-0.2, -0.15) is 5.10 Å². The molecular weight excluding hydrogens is 328 g/mol. The van der Waals surface area contributed by atoms with Crippen molar-refractivity contribution in [3.8, 4) is 5.75 Å². The highest BCUT2D eigenvalue weighted by atomic mass is 35.5. The summed E-state index contributed by atoms with van der Waals surface area (Å²) >= 11 is 6.12. The highest BCUT2D eigenvalue weighted by molar-refractivity contribution is 6.30. The Morgan fingerprint density at radius 1 is 1.42 bits per heavy atom. The van der Waals surface area contributed by atoms with Crippen molar-refractivity contribution in [1.82, 2.24) is 15.1 Å². The van der Waals surface area contributed by atoms with E-state index in [0.29, 0.717) is 13.2 Å². The fraction of sp³-hybridized carbons (Fsp3) is 0.412. The predicted molar refractivity (Wildman–Crippen MR) is 93.5 cm³/mol. The molecule has 0 aliphatic carbocycles. The Labute approximate surface area is 146 Å². The van der Waals surface area contributed by atoms with Crippen LogP contribution in [0.15, 0.2) is 36.5 Å². The highest BCUT2D eigenvalue weighted by Crippen LogP contribution is 2.24. The van der Waals surface area contributed by atoms with Gasteiger partial charge in [-0.05, 0) is 30.3 Å². The van der Waals surface area contributed by atoms with Crippen molar-refractivity contribution in [2.45, 2.75) is 12.6 Å². The third kappa shape index (κ3) is 4.56. The lowest BCUT2D eigenvalue weighted by Gasteiger charge is -2.33. The summed E-state index contributed by atoms with van der Waals surface area (Å²) in [5.74, 6) is 1.62. The molecule has 128 valence electrons. The van der Waals surface area contributed by atoms with Crippen molar-refractivity contribution >= 4 is 17.4 Å². The van der Waals surface area contributed by atoms with Gasteiger partial charge in [0.15, 0.2) is 0 Å². The van der Waals surface area contributed by atoms with Crippen LogP contribution in [0.2, 0.25) is 5.02 Å². The summed E-state index contributed by atoms with van der Waals surface area (Å²) in [6, 6.07) is 9.46. The minimum Gasteiger partial charge on any atom is -0.496 e. The van der Waals surface area contributed by atoms with E-state index >= 15 is 0 Å². The first-order valence-corrected chi connectivity index (χ1v) is 8.30. The molecule has 1 aromatic carbocycles. The van der Waals surface area contributed by atoms with Crippen molar-refractivity contribution in [3.63, 3.8) is 0 Å². The average molecular weight is 349 g/mol. The van der Waals surface area contributed by atoms with Crippen LogP contribution >= 0.6 is 11.6 Å².